The molecule has 7 nitrogen and oxygen atoms in total. The van der Waals surface area contributed by atoms with Crippen molar-refractivity contribution >= 4 is 17.6 Å². The van der Waals surface area contributed by atoms with E-state index in [1.54, 1.807) is 12.1 Å². The van der Waals surface area contributed by atoms with E-state index in [1.807, 2.05) is 0 Å². The van der Waals surface area contributed by atoms with Gasteiger partial charge < -0.3 is 14.8 Å². The molecular weight excluding hydrogens is 355 g/mol. The Morgan fingerprint density at radius 3 is 2.42 bits per heavy atom. The molecule has 0 fully saturated rings. The van der Waals surface area contributed by atoms with E-state index < -0.39 is 23.8 Å². The summed E-state index contributed by atoms with van der Waals surface area (Å²) in [6.07, 6.45) is -2.59. The van der Waals surface area contributed by atoms with Crippen molar-refractivity contribution in [1.29, 1.82) is 0 Å². The van der Waals surface area contributed by atoms with Crippen LogP contribution in [-0.4, -0.2) is 35.9 Å². The zero-order valence-electron chi connectivity index (χ0n) is 13.7. The van der Waals surface area contributed by atoms with E-state index in [0.29, 0.717) is 0 Å². The fourth-order valence-electron chi connectivity index (χ4n) is 1.97. The first kappa shape index (κ1) is 19.0. The summed E-state index contributed by atoms with van der Waals surface area (Å²) >= 11 is 0. The molecule has 1 N–H and O–H groups in total. The summed E-state index contributed by atoms with van der Waals surface area (Å²) in [6.45, 7) is 0. The molecule has 0 bridgehead atoms. The molecule has 1 aromatic carbocycles. The Bertz CT molecular complexity index is 843. The molecule has 0 aliphatic carbocycles. The number of aromatic nitrogens is 2. The highest BCUT2D eigenvalue weighted by molar-refractivity contribution is 5.99. The summed E-state index contributed by atoms with van der Waals surface area (Å²) in [5, 5.41) is 6.14. The van der Waals surface area contributed by atoms with Gasteiger partial charge in [0.1, 0.15) is 5.70 Å². The minimum absolute atomic E-state index is 0.225. The van der Waals surface area contributed by atoms with Crippen LogP contribution in [0.4, 0.5) is 18.9 Å². The number of benzene rings is 1. The second kappa shape index (κ2) is 7.72. The standard InChI is InChI=1S/C16H14F3N3O4/c1-25-14(23)9-11(15(24)26-2)20-10-5-3-4-6-12(10)22-8-7-13(21-22)16(17,18)19/h3-9,20H,1-2H3/b11-9+. The quantitative estimate of drug-likeness (QED) is 0.644. The van der Waals surface area contributed by atoms with Crippen molar-refractivity contribution in [2.45, 2.75) is 6.18 Å². The number of esters is 2. The molecular formula is C16H14F3N3O4. The molecule has 10 heteroatoms. The van der Waals surface area contributed by atoms with Crippen LogP contribution in [-0.2, 0) is 25.2 Å². The van der Waals surface area contributed by atoms with Crippen molar-refractivity contribution in [3.8, 4) is 5.69 Å². The SMILES string of the molecule is COC(=O)/C=C(/Nc1ccccc1-n1ccc(C(F)(F)F)n1)C(=O)OC. The van der Waals surface area contributed by atoms with Crippen molar-refractivity contribution in [2.75, 3.05) is 19.5 Å². The number of halogens is 3. The number of nitrogens with zero attached hydrogens (tertiary/aromatic N) is 2. The first-order valence-electron chi connectivity index (χ1n) is 7.13. The lowest BCUT2D eigenvalue weighted by molar-refractivity contribution is -0.141. The smallest absolute Gasteiger partial charge is 0.435 e. The number of anilines is 1. The Kier molecular flexibility index (Phi) is 5.65. The molecule has 0 radical (unpaired) electrons. The minimum atomic E-state index is -4.59. The van der Waals surface area contributed by atoms with E-state index in [0.717, 1.165) is 37.2 Å². The van der Waals surface area contributed by atoms with E-state index >= 15 is 0 Å². The highest BCUT2D eigenvalue weighted by Crippen LogP contribution is 2.29. The molecule has 26 heavy (non-hydrogen) atoms. The molecule has 138 valence electrons. The maximum atomic E-state index is 12.7. The zero-order chi connectivity index (χ0) is 19.3. The highest BCUT2D eigenvalue weighted by atomic mass is 19.4. The van der Waals surface area contributed by atoms with E-state index in [2.05, 4.69) is 19.9 Å². The van der Waals surface area contributed by atoms with Gasteiger partial charge in [-0.25, -0.2) is 14.3 Å². The summed E-state index contributed by atoms with van der Waals surface area (Å²) in [7, 11) is 2.24. The third-order valence-electron chi connectivity index (χ3n) is 3.17. The Morgan fingerprint density at radius 2 is 1.85 bits per heavy atom. The number of alkyl halides is 3. The molecule has 0 saturated carbocycles. The Balaban J connectivity index is 2.42. The van der Waals surface area contributed by atoms with E-state index in [4.69, 9.17) is 0 Å². The van der Waals surface area contributed by atoms with Gasteiger partial charge in [0.05, 0.1) is 31.7 Å². The largest absolute Gasteiger partial charge is 0.466 e. The minimum Gasteiger partial charge on any atom is -0.466 e. The average molecular weight is 369 g/mol. The molecule has 0 spiro atoms. The van der Waals surface area contributed by atoms with Crippen LogP contribution in [0.15, 0.2) is 48.3 Å². The molecule has 0 saturated heterocycles. The average Bonchev–Trinajstić information content (AvgIpc) is 3.11. The van der Waals surface area contributed by atoms with E-state index in [1.165, 1.54) is 12.1 Å². The summed E-state index contributed by atoms with van der Waals surface area (Å²) in [4.78, 5) is 23.2. The summed E-state index contributed by atoms with van der Waals surface area (Å²) in [5.41, 5.74) is -0.867. The van der Waals surface area contributed by atoms with Crippen molar-refractivity contribution in [3.05, 3.63) is 54.0 Å². The maximum absolute atomic E-state index is 12.7. The Hall–Kier alpha value is -3.30. The van der Waals surface area contributed by atoms with Gasteiger partial charge in [0.25, 0.3) is 0 Å². The normalized spacial score (nSPS) is 11.8. The van der Waals surface area contributed by atoms with Crippen LogP contribution in [0.5, 0.6) is 0 Å². The van der Waals surface area contributed by atoms with Gasteiger partial charge in [0, 0.05) is 6.20 Å². The summed E-state index contributed by atoms with van der Waals surface area (Å²) < 4.78 is 48.3. The lowest BCUT2D eigenvalue weighted by Crippen LogP contribution is -2.16. The fourth-order valence-corrected chi connectivity index (χ4v) is 1.97. The van der Waals surface area contributed by atoms with Gasteiger partial charge >= 0.3 is 18.1 Å². The second-order valence-corrected chi connectivity index (χ2v) is 4.86. The van der Waals surface area contributed by atoms with Crippen LogP contribution in [0, 0.1) is 0 Å². The summed E-state index contributed by atoms with van der Waals surface area (Å²) in [5.74, 6) is -1.67. The van der Waals surface area contributed by atoms with Crippen molar-refractivity contribution in [1.82, 2.24) is 9.78 Å². The van der Waals surface area contributed by atoms with Gasteiger partial charge in [0.2, 0.25) is 0 Å². The number of ether oxygens (including phenoxy) is 2. The lowest BCUT2D eigenvalue weighted by Gasteiger charge is -2.13. The predicted octanol–water partition coefficient (Wildman–Crippen LogP) is 2.53. The summed E-state index contributed by atoms with van der Waals surface area (Å²) in [6, 6.07) is 6.98. The van der Waals surface area contributed by atoms with Crippen LogP contribution in [0.25, 0.3) is 5.69 Å². The number of hydrogen-bond donors (Lipinski definition) is 1. The number of hydrogen-bond acceptors (Lipinski definition) is 6. The molecule has 0 atom stereocenters. The van der Waals surface area contributed by atoms with Crippen molar-refractivity contribution < 1.29 is 32.2 Å². The number of carbonyl (C=O) groups is 2. The molecule has 2 rings (SSSR count). The monoisotopic (exact) mass is 369 g/mol. The van der Waals surface area contributed by atoms with Gasteiger partial charge in [-0.15, -0.1) is 0 Å². The molecule has 2 aromatic rings. The topological polar surface area (TPSA) is 82.5 Å². The Morgan fingerprint density at radius 1 is 1.15 bits per heavy atom. The van der Waals surface area contributed by atoms with E-state index in [9.17, 15) is 22.8 Å². The second-order valence-electron chi connectivity index (χ2n) is 4.86. The van der Waals surface area contributed by atoms with Gasteiger partial charge in [-0.05, 0) is 18.2 Å². The van der Waals surface area contributed by atoms with Gasteiger partial charge in [-0.2, -0.15) is 18.3 Å². The predicted molar refractivity (Wildman–Crippen MR) is 84.3 cm³/mol. The highest BCUT2D eigenvalue weighted by Gasteiger charge is 2.33. The van der Waals surface area contributed by atoms with Crippen LogP contribution < -0.4 is 5.32 Å². The third-order valence-corrected chi connectivity index (χ3v) is 3.17. The lowest BCUT2D eigenvalue weighted by atomic mass is 10.2. The zero-order valence-corrected chi connectivity index (χ0v) is 13.7. The van der Waals surface area contributed by atoms with Crippen molar-refractivity contribution in [3.63, 3.8) is 0 Å². The number of rotatable bonds is 5. The number of methoxy groups -OCH3 is 2. The fraction of sp³-hybridized carbons (Fsp3) is 0.188. The Labute approximate surface area is 146 Å². The van der Waals surface area contributed by atoms with Gasteiger partial charge in [0.15, 0.2) is 5.69 Å². The first-order valence-corrected chi connectivity index (χ1v) is 7.13. The maximum Gasteiger partial charge on any atom is 0.435 e. The molecule has 1 aromatic heterocycles. The molecule has 1 heterocycles. The number of nitrogens with one attached hydrogen (secondary N) is 1. The molecule has 0 amide bonds. The van der Waals surface area contributed by atoms with Gasteiger partial charge in [-0.3, -0.25) is 0 Å². The van der Waals surface area contributed by atoms with Crippen LogP contribution >= 0.6 is 0 Å². The van der Waals surface area contributed by atoms with E-state index in [-0.39, 0.29) is 17.1 Å². The van der Waals surface area contributed by atoms with Crippen LogP contribution in [0.1, 0.15) is 5.69 Å². The molecule has 0 aliphatic heterocycles. The third kappa shape index (κ3) is 4.41. The van der Waals surface area contributed by atoms with Gasteiger partial charge in [-0.1, -0.05) is 12.1 Å². The number of para-hydroxylation sites is 2. The molecule has 0 unspecified atom stereocenters. The number of carbonyl (C=O) groups excluding carboxylic acids is 2. The van der Waals surface area contributed by atoms with Crippen molar-refractivity contribution in [2.24, 2.45) is 0 Å². The van der Waals surface area contributed by atoms with Crippen LogP contribution in [0.3, 0.4) is 0 Å². The molecule has 0 aliphatic rings. The van der Waals surface area contributed by atoms with Crippen LogP contribution in [0.2, 0.25) is 0 Å². The first-order chi connectivity index (χ1) is 12.3.